The molecule has 132 valence electrons. The molecule has 0 amide bonds. The number of piperidine rings is 1. The molecule has 1 unspecified atom stereocenters. The van der Waals surface area contributed by atoms with E-state index in [9.17, 15) is 0 Å². The van der Waals surface area contributed by atoms with Crippen molar-refractivity contribution in [3.05, 3.63) is 33.2 Å². The van der Waals surface area contributed by atoms with Crippen molar-refractivity contribution in [2.24, 2.45) is 5.73 Å². The zero-order valence-electron chi connectivity index (χ0n) is 13.9. The van der Waals surface area contributed by atoms with Crippen LogP contribution < -0.4 is 11.5 Å². The van der Waals surface area contributed by atoms with E-state index < -0.39 is 0 Å². The van der Waals surface area contributed by atoms with Gasteiger partial charge in [-0.05, 0) is 57.7 Å². The number of hydrogen-bond acceptors (Lipinski definition) is 6. The molecule has 0 spiro atoms. The quantitative estimate of drug-likeness (QED) is 0.677. The lowest BCUT2D eigenvalue weighted by atomic mass is 9.94. The number of halogens is 1. The van der Waals surface area contributed by atoms with Crippen molar-refractivity contribution in [3.8, 4) is 11.1 Å². The number of nitrogen functional groups attached to an aromatic ring is 1. The third kappa shape index (κ3) is 3.08. The highest BCUT2D eigenvalue weighted by atomic mass is 79.9. The van der Waals surface area contributed by atoms with Gasteiger partial charge in [-0.3, -0.25) is 0 Å². The molecule has 1 aliphatic heterocycles. The van der Waals surface area contributed by atoms with Crippen molar-refractivity contribution in [2.75, 3.05) is 31.9 Å². The van der Waals surface area contributed by atoms with E-state index in [4.69, 9.17) is 16.5 Å². The first-order valence-electron chi connectivity index (χ1n) is 8.46. The van der Waals surface area contributed by atoms with Gasteiger partial charge < -0.3 is 16.4 Å². The molecule has 0 aromatic carbocycles. The minimum atomic E-state index is 0.354. The normalized spacial score (nSPS) is 18.9. The lowest BCUT2D eigenvalue weighted by Crippen LogP contribution is -2.38. The van der Waals surface area contributed by atoms with Gasteiger partial charge in [-0.25, -0.2) is 4.98 Å². The van der Waals surface area contributed by atoms with Gasteiger partial charge in [0, 0.05) is 31.1 Å². The molecule has 4 N–H and O–H groups in total. The molecule has 0 bridgehead atoms. The molecule has 8 heteroatoms. The summed E-state index contributed by atoms with van der Waals surface area (Å²) in [4.78, 5) is 7.41. The Balaban J connectivity index is 1.78. The van der Waals surface area contributed by atoms with E-state index in [0.717, 1.165) is 59.4 Å². The van der Waals surface area contributed by atoms with E-state index in [1.807, 2.05) is 6.20 Å². The highest BCUT2D eigenvalue weighted by molar-refractivity contribution is 9.10. The predicted molar refractivity (Wildman–Crippen MR) is 106 cm³/mol. The van der Waals surface area contributed by atoms with Gasteiger partial charge in [-0.2, -0.15) is 21.0 Å². The van der Waals surface area contributed by atoms with E-state index in [1.165, 1.54) is 0 Å². The predicted octanol–water partition coefficient (Wildman–Crippen LogP) is 2.94. The first-order valence-corrected chi connectivity index (χ1v) is 10.2. The molecular formula is C17H21BrN6S. The van der Waals surface area contributed by atoms with Crippen LogP contribution in [-0.2, 0) is 0 Å². The molecule has 1 saturated heterocycles. The zero-order chi connectivity index (χ0) is 17.4. The molecule has 1 fully saturated rings. The topological polar surface area (TPSA) is 85.5 Å². The van der Waals surface area contributed by atoms with E-state index in [-0.39, 0.29) is 0 Å². The number of hydrogen-bond donors (Lipinski definition) is 2. The lowest BCUT2D eigenvalue weighted by molar-refractivity contribution is 0.211. The third-order valence-corrected chi connectivity index (χ3v) is 6.31. The molecule has 1 aliphatic rings. The van der Waals surface area contributed by atoms with Crippen molar-refractivity contribution in [3.63, 3.8) is 0 Å². The van der Waals surface area contributed by atoms with Crippen LogP contribution in [0.25, 0.3) is 16.8 Å². The van der Waals surface area contributed by atoms with Gasteiger partial charge in [-0.15, -0.1) is 0 Å². The maximum Gasteiger partial charge on any atom is 0.165 e. The molecule has 4 heterocycles. The van der Waals surface area contributed by atoms with Crippen molar-refractivity contribution in [1.82, 2.24) is 19.5 Å². The average molecular weight is 421 g/mol. The largest absolute Gasteiger partial charge is 0.383 e. The summed E-state index contributed by atoms with van der Waals surface area (Å²) in [7, 11) is 0. The van der Waals surface area contributed by atoms with Crippen LogP contribution in [0, 0.1) is 0 Å². The van der Waals surface area contributed by atoms with Gasteiger partial charge in [0.2, 0.25) is 0 Å². The number of fused-ring (bicyclic) bond motifs is 1. The van der Waals surface area contributed by atoms with Gasteiger partial charge in [0.25, 0.3) is 0 Å². The highest BCUT2D eigenvalue weighted by Crippen LogP contribution is 2.36. The number of likely N-dealkylation sites (tertiary alicyclic amines) is 1. The minimum Gasteiger partial charge on any atom is -0.383 e. The molecule has 0 saturated carbocycles. The van der Waals surface area contributed by atoms with Gasteiger partial charge in [0.1, 0.15) is 5.82 Å². The van der Waals surface area contributed by atoms with Crippen LogP contribution in [0.15, 0.2) is 27.5 Å². The van der Waals surface area contributed by atoms with Crippen LogP contribution in [0.5, 0.6) is 0 Å². The number of nitrogens with zero attached hydrogens (tertiary/aromatic N) is 4. The molecule has 25 heavy (non-hydrogen) atoms. The average Bonchev–Trinajstić information content (AvgIpc) is 3.27. The Morgan fingerprint density at radius 3 is 3.04 bits per heavy atom. The van der Waals surface area contributed by atoms with Crippen molar-refractivity contribution in [2.45, 2.75) is 18.8 Å². The van der Waals surface area contributed by atoms with Crippen molar-refractivity contribution in [1.29, 1.82) is 0 Å². The summed E-state index contributed by atoms with van der Waals surface area (Å²) in [5.74, 6) is 0.963. The first kappa shape index (κ1) is 17.0. The molecule has 0 radical (unpaired) electrons. The standard InChI is InChI=1S/C17H21BrN6S/c18-14-15(11-2-1-5-23(9-11)6-4-19)22-17-13(12-3-7-25-10-12)8-21-24(17)16(14)20/h3,7-8,10-11H,1-2,4-6,9,19-20H2. The summed E-state index contributed by atoms with van der Waals surface area (Å²) in [6.07, 6.45) is 4.11. The Kier molecular flexibility index (Phi) is 4.77. The second kappa shape index (κ2) is 7.03. The highest BCUT2D eigenvalue weighted by Gasteiger charge is 2.26. The third-order valence-electron chi connectivity index (χ3n) is 4.82. The molecular weight excluding hydrogens is 400 g/mol. The Morgan fingerprint density at radius 1 is 1.40 bits per heavy atom. The Morgan fingerprint density at radius 2 is 2.28 bits per heavy atom. The molecule has 0 aliphatic carbocycles. The minimum absolute atomic E-state index is 0.354. The van der Waals surface area contributed by atoms with Crippen molar-refractivity contribution >= 4 is 38.7 Å². The molecule has 6 nitrogen and oxygen atoms in total. The van der Waals surface area contributed by atoms with Crippen LogP contribution >= 0.6 is 27.3 Å². The number of nitrogens with two attached hydrogens (primary N) is 2. The van der Waals surface area contributed by atoms with Crippen molar-refractivity contribution < 1.29 is 0 Å². The first-order chi connectivity index (χ1) is 12.2. The number of rotatable bonds is 4. The van der Waals surface area contributed by atoms with Crippen LogP contribution in [0.4, 0.5) is 5.82 Å². The van der Waals surface area contributed by atoms with Crippen LogP contribution in [0.3, 0.4) is 0 Å². The molecule has 4 rings (SSSR count). The SMILES string of the molecule is NCCN1CCCC(c2nc3c(-c4ccsc4)cnn3c(N)c2Br)C1. The van der Waals surface area contributed by atoms with Crippen LogP contribution in [-0.4, -0.2) is 45.7 Å². The smallest absolute Gasteiger partial charge is 0.165 e. The van der Waals surface area contributed by atoms with E-state index in [2.05, 4.69) is 42.8 Å². The second-order valence-electron chi connectivity index (χ2n) is 6.43. The number of thiophene rings is 1. The monoisotopic (exact) mass is 420 g/mol. The Bertz CT molecular complexity index is 873. The molecule has 3 aromatic heterocycles. The fourth-order valence-electron chi connectivity index (χ4n) is 3.57. The number of anilines is 1. The van der Waals surface area contributed by atoms with Crippen LogP contribution in [0.1, 0.15) is 24.5 Å². The second-order valence-corrected chi connectivity index (χ2v) is 8.00. The van der Waals surface area contributed by atoms with Gasteiger partial charge >= 0.3 is 0 Å². The summed E-state index contributed by atoms with van der Waals surface area (Å²) in [6.45, 7) is 3.70. The fraction of sp³-hybridized carbons (Fsp3) is 0.412. The van der Waals surface area contributed by atoms with E-state index in [1.54, 1.807) is 15.9 Å². The molecule has 1 atom stereocenters. The van der Waals surface area contributed by atoms with E-state index in [0.29, 0.717) is 18.3 Å². The summed E-state index contributed by atoms with van der Waals surface area (Å²) in [6, 6.07) is 2.09. The summed E-state index contributed by atoms with van der Waals surface area (Å²) >= 11 is 5.33. The maximum atomic E-state index is 6.37. The summed E-state index contributed by atoms with van der Waals surface area (Å²) in [5.41, 5.74) is 16.1. The fourth-order valence-corrected chi connectivity index (χ4v) is 4.81. The lowest BCUT2D eigenvalue weighted by Gasteiger charge is -2.32. The molecule has 3 aromatic rings. The summed E-state index contributed by atoms with van der Waals surface area (Å²) in [5, 5.41) is 8.62. The summed E-state index contributed by atoms with van der Waals surface area (Å²) < 4.78 is 2.58. The van der Waals surface area contributed by atoms with Crippen LogP contribution in [0.2, 0.25) is 0 Å². The van der Waals surface area contributed by atoms with E-state index >= 15 is 0 Å². The van der Waals surface area contributed by atoms with Gasteiger partial charge in [-0.1, -0.05) is 0 Å². The zero-order valence-corrected chi connectivity index (χ0v) is 16.3. The van der Waals surface area contributed by atoms with Gasteiger partial charge in [0.05, 0.1) is 16.4 Å². The Hall–Kier alpha value is -1.48. The van der Waals surface area contributed by atoms with Gasteiger partial charge in [0.15, 0.2) is 5.65 Å². The maximum absolute atomic E-state index is 6.37. The Labute approximate surface area is 159 Å². The number of aromatic nitrogens is 3.